The monoisotopic (exact) mass is 371 g/mol. The van der Waals surface area contributed by atoms with Crippen molar-refractivity contribution in [3.63, 3.8) is 0 Å². The van der Waals surface area contributed by atoms with Gasteiger partial charge in [-0.3, -0.25) is 0 Å². The van der Waals surface area contributed by atoms with Crippen LogP contribution in [-0.2, 0) is 4.74 Å². The van der Waals surface area contributed by atoms with Crippen LogP contribution in [0.3, 0.4) is 0 Å². The lowest BCUT2D eigenvalue weighted by Gasteiger charge is -2.06. The smallest absolute Gasteiger partial charge is 0.208 e. The number of hydrogen-bond acceptors (Lipinski definition) is 2. The average molecular weight is 372 g/mol. The van der Waals surface area contributed by atoms with Crippen LogP contribution in [0.2, 0.25) is 0 Å². The van der Waals surface area contributed by atoms with Crippen molar-refractivity contribution in [3.8, 4) is 0 Å². The maximum atomic E-state index is 5.69. The van der Waals surface area contributed by atoms with Gasteiger partial charge in [-0.1, -0.05) is 54.4 Å². The molecule has 1 rings (SSSR count). The molecule has 0 aromatic heterocycles. The summed E-state index contributed by atoms with van der Waals surface area (Å²) in [5.41, 5.74) is 5.76. The summed E-state index contributed by atoms with van der Waals surface area (Å²) >= 11 is 0. The summed E-state index contributed by atoms with van der Waals surface area (Å²) in [6.07, 6.45) is 16.1. The zero-order valence-electron chi connectivity index (χ0n) is 18.8. The largest absolute Gasteiger partial charge is 0.476 e. The Morgan fingerprint density at radius 1 is 0.889 bits per heavy atom. The molecule has 0 N–H and O–H groups in total. The fourth-order valence-electron chi connectivity index (χ4n) is 3.00. The van der Waals surface area contributed by atoms with Gasteiger partial charge in [0.15, 0.2) is 0 Å². The number of ether oxygens (including phenoxy) is 1. The Kier molecular flexibility index (Phi) is 11.1. The first kappa shape index (κ1) is 23.5. The third kappa shape index (κ3) is 11.0. The van der Waals surface area contributed by atoms with E-state index in [2.05, 4.69) is 77.8 Å². The van der Waals surface area contributed by atoms with Crippen LogP contribution in [0.5, 0.6) is 0 Å². The van der Waals surface area contributed by atoms with Crippen LogP contribution in [0.15, 0.2) is 51.6 Å². The van der Waals surface area contributed by atoms with Crippen molar-refractivity contribution >= 4 is 5.90 Å². The second-order valence-electron chi connectivity index (χ2n) is 8.58. The van der Waals surface area contributed by atoms with Gasteiger partial charge in [-0.25, -0.2) is 4.99 Å². The lowest BCUT2D eigenvalue weighted by atomic mass is 10.0. The Morgan fingerprint density at radius 2 is 1.41 bits per heavy atom. The van der Waals surface area contributed by atoms with Gasteiger partial charge in [0.25, 0.3) is 0 Å². The van der Waals surface area contributed by atoms with Crippen LogP contribution in [0.25, 0.3) is 0 Å². The first-order valence-electron chi connectivity index (χ1n) is 10.6. The average Bonchev–Trinajstić information content (AvgIpc) is 3.03. The van der Waals surface area contributed by atoms with Crippen molar-refractivity contribution in [2.24, 2.45) is 10.9 Å². The summed E-state index contributed by atoms with van der Waals surface area (Å²) in [4.78, 5) is 4.65. The van der Waals surface area contributed by atoms with Gasteiger partial charge in [0.05, 0.1) is 6.04 Å². The third-order valence-electron chi connectivity index (χ3n) is 4.99. The molecule has 27 heavy (non-hydrogen) atoms. The van der Waals surface area contributed by atoms with E-state index in [-0.39, 0.29) is 0 Å². The highest BCUT2D eigenvalue weighted by molar-refractivity contribution is 5.89. The maximum Gasteiger partial charge on any atom is 0.208 e. The fourth-order valence-corrected chi connectivity index (χ4v) is 3.00. The summed E-state index contributed by atoms with van der Waals surface area (Å²) in [6, 6.07) is 0.324. The normalized spacial score (nSPS) is 18.6. The van der Waals surface area contributed by atoms with E-state index in [1.165, 1.54) is 28.7 Å². The number of aliphatic imine (C=N–C) groups is 1. The van der Waals surface area contributed by atoms with Crippen molar-refractivity contribution in [1.29, 1.82) is 0 Å². The van der Waals surface area contributed by atoms with Gasteiger partial charge in [0, 0.05) is 0 Å². The number of hydrogen-bond donors (Lipinski definition) is 0. The molecule has 0 spiro atoms. The second-order valence-corrected chi connectivity index (χ2v) is 8.58. The van der Waals surface area contributed by atoms with Crippen LogP contribution < -0.4 is 0 Å². The van der Waals surface area contributed by atoms with Crippen molar-refractivity contribution < 1.29 is 4.74 Å². The lowest BCUT2D eigenvalue weighted by molar-refractivity contribution is 0.292. The molecule has 1 atom stereocenters. The number of allylic oxidation sites excluding steroid dienone is 7. The second kappa shape index (κ2) is 12.8. The SMILES string of the molecule is CC(C)=CCC/C(C)=C/CC/C(C)=C/CC/C(C)=C/C1=N[C@H](C(C)C)CO1. The zero-order chi connectivity index (χ0) is 20.2. The van der Waals surface area contributed by atoms with Crippen molar-refractivity contribution in [2.75, 3.05) is 6.61 Å². The van der Waals surface area contributed by atoms with Crippen LogP contribution in [0.4, 0.5) is 0 Å². The molecule has 0 aromatic rings. The molecule has 2 heteroatoms. The highest BCUT2D eigenvalue weighted by Crippen LogP contribution is 2.17. The molecule has 0 unspecified atom stereocenters. The van der Waals surface area contributed by atoms with E-state index in [0.29, 0.717) is 12.0 Å². The van der Waals surface area contributed by atoms with Crippen LogP contribution in [0.1, 0.15) is 87.0 Å². The summed E-state index contributed by atoms with van der Waals surface area (Å²) in [6.45, 7) is 16.1. The Morgan fingerprint density at radius 3 is 1.89 bits per heavy atom. The lowest BCUT2D eigenvalue weighted by Crippen LogP contribution is -2.13. The van der Waals surface area contributed by atoms with Crippen LogP contribution in [0, 0.1) is 5.92 Å². The summed E-state index contributed by atoms with van der Waals surface area (Å²) in [5.74, 6) is 1.37. The molecule has 0 amide bonds. The fraction of sp³-hybridized carbons (Fsp3) is 0.640. The highest BCUT2D eigenvalue weighted by atomic mass is 16.5. The van der Waals surface area contributed by atoms with E-state index in [1.54, 1.807) is 0 Å². The predicted octanol–water partition coefficient (Wildman–Crippen LogP) is 7.59. The molecule has 0 bridgehead atoms. The first-order chi connectivity index (χ1) is 12.8. The Hall–Kier alpha value is -1.57. The molecular formula is C25H41NO. The van der Waals surface area contributed by atoms with Gasteiger partial charge in [-0.15, -0.1) is 0 Å². The molecule has 0 saturated carbocycles. The minimum atomic E-state index is 0.324. The Bertz CT molecular complexity index is 598. The van der Waals surface area contributed by atoms with E-state index in [0.717, 1.165) is 44.6 Å². The van der Waals surface area contributed by atoms with Gasteiger partial charge in [0.2, 0.25) is 5.90 Å². The molecule has 152 valence electrons. The third-order valence-corrected chi connectivity index (χ3v) is 4.99. The summed E-state index contributed by atoms with van der Waals surface area (Å²) < 4.78 is 5.69. The summed E-state index contributed by atoms with van der Waals surface area (Å²) in [7, 11) is 0. The molecule has 1 heterocycles. The molecule has 2 nitrogen and oxygen atoms in total. The Labute approximate surface area is 168 Å². The Balaban J connectivity index is 2.31. The minimum absolute atomic E-state index is 0.324. The standard InChI is InChI=1S/C25H41NO/c1-19(2)11-8-12-21(5)13-9-14-22(6)15-10-16-23(7)17-25-26-24(18-27-25)20(3)4/h11,13,15,17,20,24H,8-10,12,14,16,18H2,1-7H3/b21-13+,22-15+,23-17+/t24-/m0/s1. The topological polar surface area (TPSA) is 21.6 Å². The number of nitrogens with zero attached hydrogens (tertiary/aromatic N) is 1. The van der Waals surface area contributed by atoms with E-state index in [1.807, 2.05) is 0 Å². The molecule has 1 aliphatic rings. The molecule has 0 aromatic carbocycles. The number of rotatable bonds is 11. The van der Waals surface area contributed by atoms with Crippen molar-refractivity contribution in [3.05, 3.63) is 46.6 Å². The molecule has 0 fully saturated rings. The molecule has 0 radical (unpaired) electrons. The predicted molar refractivity (Wildman–Crippen MR) is 120 cm³/mol. The zero-order valence-corrected chi connectivity index (χ0v) is 18.8. The minimum Gasteiger partial charge on any atom is -0.476 e. The van der Waals surface area contributed by atoms with Crippen molar-refractivity contribution in [1.82, 2.24) is 0 Å². The molecule has 0 aliphatic carbocycles. The highest BCUT2D eigenvalue weighted by Gasteiger charge is 2.20. The summed E-state index contributed by atoms with van der Waals surface area (Å²) in [5, 5.41) is 0. The quantitative estimate of drug-likeness (QED) is 0.343. The van der Waals surface area contributed by atoms with E-state index >= 15 is 0 Å². The van der Waals surface area contributed by atoms with Crippen LogP contribution in [-0.4, -0.2) is 18.5 Å². The maximum absolute atomic E-state index is 5.69. The van der Waals surface area contributed by atoms with Crippen LogP contribution >= 0.6 is 0 Å². The van der Waals surface area contributed by atoms with Gasteiger partial charge >= 0.3 is 0 Å². The van der Waals surface area contributed by atoms with Gasteiger partial charge < -0.3 is 4.74 Å². The molecule has 1 aliphatic heterocycles. The van der Waals surface area contributed by atoms with Gasteiger partial charge in [0.1, 0.15) is 6.61 Å². The first-order valence-corrected chi connectivity index (χ1v) is 10.6. The van der Waals surface area contributed by atoms with Crippen molar-refractivity contribution in [2.45, 2.75) is 93.0 Å². The van der Waals surface area contributed by atoms with E-state index in [4.69, 9.17) is 4.74 Å². The molecule has 0 saturated heterocycles. The van der Waals surface area contributed by atoms with E-state index < -0.39 is 0 Å². The van der Waals surface area contributed by atoms with Gasteiger partial charge in [-0.2, -0.15) is 0 Å². The van der Waals surface area contributed by atoms with Gasteiger partial charge in [-0.05, 0) is 85.1 Å². The molecular weight excluding hydrogens is 330 g/mol. The van der Waals surface area contributed by atoms with E-state index in [9.17, 15) is 0 Å².